The zero-order valence-electron chi connectivity index (χ0n) is 43.6. The molecule has 9 aromatic rings. The summed E-state index contributed by atoms with van der Waals surface area (Å²) in [6, 6.07) is 38.4. The molecule has 0 amide bonds. The number of hydrogen-bond donors (Lipinski definition) is 0. The summed E-state index contributed by atoms with van der Waals surface area (Å²) in [4.78, 5) is 19.0. The van der Waals surface area contributed by atoms with E-state index < -0.39 is 31.9 Å². The van der Waals surface area contributed by atoms with E-state index in [9.17, 15) is 0 Å². The number of rotatable bonds is 8. The summed E-state index contributed by atoms with van der Waals surface area (Å²) in [6.45, 7) is 14.6. The second-order valence-corrected chi connectivity index (χ2v) is 29.6. The molecule has 329 valence electrons. The van der Waals surface area contributed by atoms with Gasteiger partial charge in [0, 0.05) is 43.1 Å². The number of nitrogens with zero attached hydrogens (tertiary/aromatic N) is 5. The summed E-state index contributed by atoms with van der Waals surface area (Å²) in [5.74, 6) is 8.02. The molecule has 1 radical (unpaired) electrons. The average molecular weight is 1090 g/mol. The summed E-state index contributed by atoms with van der Waals surface area (Å²) < 4.78 is 49.8. The van der Waals surface area contributed by atoms with Crippen molar-refractivity contribution in [3.63, 3.8) is 0 Å². The smallest absolute Gasteiger partial charge is 0 e. The van der Waals surface area contributed by atoms with Crippen LogP contribution in [0.4, 0.5) is 0 Å². The average Bonchev–Trinajstić information content (AvgIpc) is 3.86. The van der Waals surface area contributed by atoms with Gasteiger partial charge in [-0.2, -0.15) is 0 Å². The van der Waals surface area contributed by atoms with Crippen LogP contribution in [0, 0.1) is 31.3 Å². The Morgan fingerprint density at radius 3 is 2.20 bits per heavy atom. The summed E-state index contributed by atoms with van der Waals surface area (Å²) in [5.41, 5.74) is 12.7. The van der Waals surface area contributed by atoms with Crippen LogP contribution in [0.15, 0.2) is 120 Å². The molecule has 0 aliphatic carbocycles. The van der Waals surface area contributed by atoms with Gasteiger partial charge in [0.2, 0.25) is 5.71 Å². The SMILES string of the molecule is Cc1ccc2c(n1)oc1c(-c3nc4ccncc4n3-c3c(C(C)C)cc(-c4ccccc4)cc3C(C)C)[c-]ccc12.[2H]C([2H])([2H])c1c[c-]c(-c2cc(C([2H])([2H])C(C)(C)C)[c]([Ge]([CH3])([CH3])[CH3])cn2)cc1.[Ir]. The van der Waals surface area contributed by atoms with Crippen LogP contribution >= 0.6 is 0 Å². The predicted molar refractivity (Wildman–Crippen MR) is 266 cm³/mol. The molecule has 0 bridgehead atoms. The maximum atomic E-state index is 8.80. The van der Waals surface area contributed by atoms with Crippen LogP contribution in [0.3, 0.4) is 0 Å². The molecular formula is C56H59GeIrN5O-2. The molecule has 0 spiro atoms. The van der Waals surface area contributed by atoms with Crippen LogP contribution < -0.4 is 4.40 Å². The van der Waals surface area contributed by atoms with Crippen molar-refractivity contribution in [2.24, 2.45) is 5.41 Å². The van der Waals surface area contributed by atoms with Crippen molar-refractivity contribution in [1.82, 2.24) is 24.5 Å². The van der Waals surface area contributed by atoms with Gasteiger partial charge in [-0.25, -0.2) is 4.98 Å². The van der Waals surface area contributed by atoms with Gasteiger partial charge < -0.3 is 8.98 Å². The van der Waals surface area contributed by atoms with Crippen LogP contribution in [0.25, 0.3) is 72.6 Å². The second kappa shape index (κ2) is 18.7. The van der Waals surface area contributed by atoms with E-state index in [2.05, 4.69) is 125 Å². The van der Waals surface area contributed by atoms with Crippen molar-refractivity contribution < 1.29 is 31.4 Å². The van der Waals surface area contributed by atoms with Gasteiger partial charge in [0.15, 0.2) is 0 Å². The Kier molecular flexibility index (Phi) is 11.8. The molecule has 0 aliphatic heterocycles. The Morgan fingerprint density at radius 1 is 0.828 bits per heavy atom. The third-order valence-electron chi connectivity index (χ3n) is 11.2. The number of pyridine rings is 3. The fourth-order valence-electron chi connectivity index (χ4n) is 8.11. The number of aromatic nitrogens is 5. The number of hydrogen-bond acceptors (Lipinski definition) is 5. The van der Waals surface area contributed by atoms with E-state index in [0.29, 0.717) is 22.5 Å². The Bertz CT molecular complexity index is 3260. The Balaban J connectivity index is 0.000000220. The molecule has 0 N–H and O–H groups in total. The fourth-order valence-corrected chi connectivity index (χ4v) is 11.0. The van der Waals surface area contributed by atoms with Crippen molar-refractivity contribution in [2.75, 3.05) is 0 Å². The zero-order chi connectivity index (χ0) is 49.1. The molecular weight excluding hydrogens is 1020 g/mol. The van der Waals surface area contributed by atoms with Crippen molar-refractivity contribution >= 4 is 50.8 Å². The van der Waals surface area contributed by atoms with Gasteiger partial charge in [-0.15, -0.1) is 18.2 Å². The predicted octanol–water partition coefficient (Wildman–Crippen LogP) is 14.4. The molecule has 0 saturated carbocycles. The first kappa shape index (κ1) is 40.3. The first-order valence-corrected chi connectivity index (χ1v) is 29.1. The van der Waals surface area contributed by atoms with Crippen LogP contribution in [-0.2, 0) is 26.5 Å². The maximum absolute atomic E-state index is 8.80. The summed E-state index contributed by atoms with van der Waals surface area (Å²) in [7, 11) is 0. The van der Waals surface area contributed by atoms with Gasteiger partial charge in [-0.1, -0.05) is 69.0 Å². The molecule has 0 aliphatic rings. The van der Waals surface area contributed by atoms with Crippen molar-refractivity contribution in [1.29, 1.82) is 0 Å². The van der Waals surface area contributed by atoms with Gasteiger partial charge >= 0.3 is 145 Å². The van der Waals surface area contributed by atoms with Crippen LogP contribution in [-0.4, -0.2) is 37.8 Å². The minimum Gasteiger partial charge on any atom is 0 e. The molecule has 9 rings (SSSR count). The van der Waals surface area contributed by atoms with E-state index in [-0.39, 0.29) is 37.5 Å². The molecule has 0 fully saturated rings. The summed E-state index contributed by atoms with van der Waals surface area (Å²) in [6.07, 6.45) is 4.01. The maximum Gasteiger partial charge on any atom is 0 e. The van der Waals surface area contributed by atoms with E-state index in [1.54, 1.807) is 18.3 Å². The van der Waals surface area contributed by atoms with E-state index >= 15 is 0 Å². The molecule has 5 aromatic heterocycles. The van der Waals surface area contributed by atoms with Gasteiger partial charge in [0.1, 0.15) is 0 Å². The quantitative estimate of drug-likeness (QED) is 0.112. The third-order valence-corrected chi connectivity index (χ3v) is 15.4. The Labute approximate surface area is 402 Å². The van der Waals surface area contributed by atoms with E-state index in [4.69, 9.17) is 16.3 Å². The van der Waals surface area contributed by atoms with Crippen LogP contribution in [0.1, 0.15) is 95.1 Å². The summed E-state index contributed by atoms with van der Waals surface area (Å²) in [5, 5.41) is 1.99. The summed E-state index contributed by atoms with van der Waals surface area (Å²) >= 11 is -2.36. The molecule has 4 aromatic carbocycles. The number of imidazole rings is 1. The first-order valence-electron chi connectivity index (χ1n) is 24.3. The number of aryl methyl sites for hydroxylation is 2. The van der Waals surface area contributed by atoms with Crippen LogP contribution in [0.2, 0.25) is 17.3 Å². The van der Waals surface area contributed by atoms with Gasteiger partial charge in [-0.05, 0) is 71.3 Å². The number of fused-ring (bicyclic) bond motifs is 4. The minimum atomic E-state index is -2.36. The molecule has 64 heavy (non-hydrogen) atoms. The molecule has 0 unspecified atom stereocenters. The van der Waals surface area contributed by atoms with E-state index in [0.717, 1.165) is 54.6 Å². The molecule has 0 saturated heterocycles. The molecule has 5 heterocycles. The Hall–Kier alpha value is -5.21. The minimum absolute atomic E-state index is 0. The van der Waals surface area contributed by atoms with Crippen molar-refractivity contribution in [2.45, 2.75) is 97.7 Å². The van der Waals surface area contributed by atoms with Gasteiger partial charge in [-0.3, -0.25) is 9.97 Å². The molecule has 8 heteroatoms. The topological polar surface area (TPSA) is 69.6 Å². The molecule has 6 nitrogen and oxygen atoms in total. The van der Waals surface area contributed by atoms with Gasteiger partial charge in [0.25, 0.3) is 0 Å². The molecule has 0 atom stereocenters. The standard InChI is InChI=1S/C36H31N4O.C20H28GeN.Ir/c1-21(2)29-18-25(24-10-7-6-8-11-24)19-30(22(3)4)33(29)40-32-20-37-17-16-31(32)39-35(40)28-13-9-12-26-27-15-14-23(5)38-36(27)41-34(26)28;1-15-8-10-16(11-9-15)19-12-17(13-20(2,3)4)18(14-22-19)21(5,6)7;/h6-12,14-22H,1-5H3;8-10,12,14H,13H2,1-7H3;/q2*-1;/i;1D3,13D2;. The first-order chi connectivity index (χ1) is 32.0. The largest absolute Gasteiger partial charge is 0 e. The number of benzene rings is 4. The number of furan rings is 1. The van der Waals surface area contributed by atoms with E-state index in [1.165, 1.54) is 28.3 Å². The van der Waals surface area contributed by atoms with Gasteiger partial charge in [0.05, 0.1) is 28.6 Å². The Morgan fingerprint density at radius 2 is 1.56 bits per heavy atom. The normalized spacial score (nSPS) is 13.5. The van der Waals surface area contributed by atoms with Crippen molar-refractivity contribution in [3.05, 3.63) is 156 Å². The van der Waals surface area contributed by atoms with E-state index in [1.807, 2.05) is 70.4 Å². The monoisotopic (exact) mass is 1090 g/mol. The fraction of sp³-hybridized carbons (Fsp3) is 0.286. The van der Waals surface area contributed by atoms with Crippen LogP contribution in [0.5, 0.6) is 0 Å². The van der Waals surface area contributed by atoms with Crippen molar-refractivity contribution in [3.8, 4) is 39.5 Å². The third kappa shape index (κ3) is 9.73. The zero-order valence-corrected chi connectivity index (χ0v) is 43.1. The second-order valence-electron chi connectivity index (χ2n) is 19.0.